The average Bonchev–Trinajstić information content (AvgIpc) is 2.55. The Bertz CT molecular complexity index is 469. The van der Waals surface area contributed by atoms with E-state index in [0.717, 1.165) is 25.7 Å². The van der Waals surface area contributed by atoms with Crippen LogP contribution in [0.1, 0.15) is 65.2 Å². The Kier molecular flexibility index (Phi) is 11.2. The normalized spacial score (nSPS) is 10.7. The summed E-state index contributed by atoms with van der Waals surface area (Å²) in [5.74, 6) is 1.11. The largest absolute Gasteiger partial charge is 0.494 e. The first kappa shape index (κ1) is 21.3. The number of rotatable bonds is 13. The average molecular weight is 401 g/mol. The smallest absolute Gasteiger partial charge is 0.492 e. The van der Waals surface area contributed by atoms with E-state index in [1.165, 1.54) is 25.7 Å². The molecule has 0 saturated carbocycles. The molecule has 1 aromatic rings. The van der Waals surface area contributed by atoms with Crippen molar-refractivity contribution in [3.05, 3.63) is 16.6 Å². The van der Waals surface area contributed by atoms with Crippen LogP contribution in [0.5, 0.6) is 11.5 Å². The summed E-state index contributed by atoms with van der Waals surface area (Å²) in [5, 5.41) is 19.3. The quantitative estimate of drug-likeness (QED) is 0.387. The van der Waals surface area contributed by atoms with Gasteiger partial charge in [-0.05, 0) is 40.9 Å². The van der Waals surface area contributed by atoms with Crippen LogP contribution in [0.3, 0.4) is 0 Å². The molecule has 0 heterocycles. The maximum absolute atomic E-state index is 9.63. The molecule has 0 atom stereocenters. The summed E-state index contributed by atoms with van der Waals surface area (Å²) in [7, 11) is -1.59. The van der Waals surface area contributed by atoms with E-state index in [1.807, 2.05) is 6.07 Å². The molecule has 0 aliphatic carbocycles. The molecule has 24 heavy (non-hydrogen) atoms. The van der Waals surface area contributed by atoms with E-state index in [4.69, 9.17) is 9.47 Å². The van der Waals surface area contributed by atoms with Crippen LogP contribution in [-0.2, 0) is 0 Å². The Labute approximate surface area is 154 Å². The van der Waals surface area contributed by atoms with Gasteiger partial charge in [0.25, 0.3) is 0 Å². The van der Waals surface area contributed by atoms with E-state index >= 15 is 0 Å². The van der Waals surface area contributed by atoms with Gasteiger partial charge in [-0.2, -0.15) is 0 Å². The maximum Gasteiger partial charge on any atom is 0.492 e. The van der Waals surface area contributed by atoms with Gasteiger partial charge in [0, 0.05) is 5.46 Å². The van der Waals surface area contributed by atoms with Gasteiger partial charge in [0.2, 0.25) is 0 Å². The van der Waals surface area contributed by atoms with Gasteiger partial charge in [0.1, 0.15) is 11.5 Å². The summed E-state index contributed by atoms with van der Waals surface area (Å²) < 4.78 is 12.2. The van der Waals surface area contributed by atoms with Crippen LogP contribution in [0.25, 0.3) is 0 Å². The molecule has 0 fully saturated rings. The summed E-state index contributed by atoms with van der Waals surface area (Å²) >= 11 is 3.46. The minimum absolute atomic E-state index is 0.337. The molecule has 6 heteroatoms. The summed E-state index contributed by atoms with van der Waals surface area (Å²) in [6.07, 6.45) is 8.97. The fraction of sp³-hybridized carbons (Fsp3) is 0.667. The van der Waals surface area contributed by atoms with E-state index < -0.39 is 7.12 Å². The molecule has 0 aliphatic rings. The Morgan fingerprint density at radius 2 is 1.46 bits per heavy atom. The Balaban J connectivity index is 2.64. The van der Waals surface area contributed by atoms with Crippen molar-refractivity contribution in [2.24, 2.45) is 0 Å². The van der Waals surface area contributed by atoms with Crippen LogP contribution >= 0.6 is 15.9 Å². The number of hydrogen-bond donors (Lipinski definition) is 2. The minimum Gasteiger partial charge on any atom is -0.494 e. The van der Waals surface area contributed by atoms with Crippen molar-refractivity contribution in [2.45, 2.75) is 65.2 Å². The second kappa shape index (κ2) is 12.6. The number of unbranched alkanes of at least 4 members (excludes halogenated alkanes) is 6. The first-order chi connectivity index (χ1) is 11.6. The number of hydrogen-bond acceptors (Lipinski definition) is 4. The molecule has 0 bridgehead atoms. The lowest BCUT2D eigenvalue weighted by atomic mass is 9.79. The van der Waals surface area contributed by atoms with Crippen LogP contribution in [-0.4, -0.2) is 30.4 Å². The van der Waals surface area contributed by atoms with Crippen molar-refractivity contribution >= 4 is 28.5 Å². The molecule has 0 saturated heterocycles. The zero-order valence-corrected chi connectivity index (χ0v) is 16.5. The van der Waals surface area contributed by atoms with Crippen molar-refractivity contribution in [1.82, 2.24) is 0 Å². The molecule has 4 nitrogen and oxygen atoms in total. The fourth-order valence-electron chi connectivity index (χ4n) is 2.44. The molecular formula is C18H30BBrO4. The Morgan fingerprint density at radius 1 is 0.875 bits per heavy atom. The lowest BCUT2D eigenvalue weighted by Crippen LogP contribution is -2.32. The zero-order valence-electron chi connectivity index (χ0n) is 14.9. The molecular weight excluding hydrogens is 371 g/mol. The van der Waals surface area contributed by atoms with E-state index in [2.05, 4.69) is 29.8 Å². The predicted molar refractivity (Wildman–Crippen MR) is 103 cm³/mol. The standard InChI is InChI=1S/C18H30BBrO4/c1-3-5-7-9-11-23-15-13-16(19(21)22)18(17(20)14-15)24-12-10-8-6-4-2/h13-14,21-22H,3-12H2,1-2H3. The van der Waals surface area contributed by atoms with Gasteiger partial charge in [-0.3, -0.25) is 0 Å². The fourth-order valence-corrected chi connectivity index (χ4v) is 3.01. The number of ether oxygens (including phenoxy) is 2. The summed E-state index contributed by atoms with van der Waals surface area (Å²) in [6, 6.07) is 3.48. The minimum atomic E-state index is -1.59. The molecule has 0 amide bonds. The highest BCUT2D eigenvalue weighted by atomic mass is 79.9. The van der Waals surface area contributed by atoms with Gasteiger partial charge in [0.05, 0.1) is 17.7 Å². The first-order valence-electron chi connectivity index (χ1n) is 9.05. The highest BCUT2D eigenvalue weighted by Crippen LogP contribution is 2.28. The van der Waals surface area contributed by atoms with Gasteiger partial charge in [-0.1, -0.05) is 52.4 Å². The Hall–Kier alpha value is -0.715. The van der Waals surface area contributed by atoms with Crippen molar-refractivity contribution in [2.75, 3.05) is 13.2 Å². The van der Waals surface area contributed by atoms with Crippen LogP contribution < -0.4 is 14.9 Å². The van der Waals surface area contributed by atoms with Crippen molar-refractivity contribution in [3.63, 3.8) is 0 Å². The lowest BCUT2D eigenvalue weighted by Gasteiger charge is -2.15. The molecule has 0 spiro atoms. The maximum atomic E-state index is 9.63. The first-order valence-corrected chi connectivity index (χ1v) is 9.84. The summed E-state index contributed by atoms with van der Waals surface area (Å²) in [6.45, 7) is 5.53. The van der Waals surface area contributed by atoms with Gasteiger partial charge in [-0.15, -0.1) is 0 Å². The number of halogens is 1. The molecule has 0 aromatic heterocycles. The molecule has 136 valence electrons. The van der Waals surface area contributed by atoms with Gasteiger partial charge < -0.3 is 19.5 Å². The van der Waals surface area contributed by atoms with Crippen molar-refractivity contribution in [3.8, 4) is 11.5 Å². The van der Waals surface area contributed by atoms with Crippen molar-refractivity contribution < 1.29 is 19.5 Å². The van der Waals surface area contributed by atoms with Crippen molar-refractivity contribution in [1.29, 1.82) is 0 Å². The second-order valence-electron chi connectivity index (χ2n) is 6.02. The SMILES string of the molecule is CCCCCCOc1cc(Br)c(OCCCCCC)c(B(O)O)c1. The van der Waals surface area contributed by atoms with Crippen LogP contribution in [0.15, 0.2) is 16.6 Å². The molecule has 1 aromatic carbocycles. The van der Waals surface area contributed by atoms with Crippen LogP contribution in [0.4, 0.5) is 0 Å². The van der Waals surface area contributed by atoms with E-state index in [-0.39, 0.29) is 0 Å². The highest BCUT2D eigenvalue weighted by Gasteiger charge is 2.21. The monoisotopic (exact) mass is 400 g/mol. The molecule has 1 rings (SSSR count). The van der Waals surface area contributed by atoms with Gasteiger partial charge in [-0.25, -0.2) is 0 Å². The topological polar surface area (TPSA) is 58.9 Å². The van der Waals surface area contributed by atoms with Gasteiger partial charge >= 0.3 is 7.12 Å². The van der Waals surface area contributed by atoms with E-state index in [1.54, 1.807) is 6.07 Å². The molecule has 0 radical (unpaired) electrons. The van der Waals surface area contributed by atoms with E-state index in [9.17, 15) is 10.0 Å². The summed E-state index contributed by atoms with van der Waals surface area (Å²) in [4.78, 5) is 0. The summed E-state index contributed by atoms with van der Waals surface area (Å²) in [5.41, 5.74) is 0.337. The highest BCUT2D eigenvalue weighted by molar-refractivity contribution is 9.10. The lowest BCUT2D eigenvalue weighted by molar-refractivity contribution is 0.296. The second-order valence-corrected chi connectivity index (χ2v) is 6.87. The molecule has 2 N–H and O–H groups in total. The predicted octanol–water partition coefficient (Wildman–Crippen LogP) is 4.05. The van der Waals surface area contributed by atoms with Gasteiger partial charge in [0.15, 0.2) is 0 Å². The molecule has 0 unspecified atom stereocenters. The zero-order chi connectivity index (χ0) is 17.8. The van der Waals surface area contributed by atoms with E-state index in [0.29, 0.717) is 34.6 Å². The third-order valence-electron chi connectivity index (χ3n) is 3.83. The van der Waals surface area contributed by atoms with Crippen LogP contribution in [0.2, 0.25) is 0 Å². The molecule has 0 aliphatic heterocycles. The third kappa shape index (κ3) is 7.91. The third-order valence-corrected chi connectivity index (χ3v) is 4.42. The number of benzene rings is 1. The van der Waals surface area contributed by atoms with Crippen LogP contribution in [0, 0.1) is 0 Å². The Morgan fingerprint density at radius 3 is 2.00 bits per heavy atom.